The minimum Gasteiger partial charge on any atom is -0.377 e. The maximum absolute atomic E-state index is 12.6. The summed E-state index contributed by atoms with van der Waals surface area (Å²) in [5.74, 6) is -0.890. The molecule has 0 unspecified atom stereocenters. The number of hydrogen-bond acceptors (Lipinski definition) is 5. The Morgan fingerprint density at radius 2 is 1.89 bits per heavy atom. The molecule has 0 bridgehead atoms. The van der Waals surface area contributed by atoms with Crippen LogP contribution in [0.25, 0.3) is 6.08 Å². The molecule has 28 heavy (non-hydrogen) atoms. The largest absolute Gasteiger partial charge is 0.377 e. The van der Waals surface area contributed by atoms with Crippen molar-refractivity contribution in [3.8, 4) is 0 Å². The number of para-hydroxylation sites is 1. The highest BCUT2D eigenvalue weighted by atomic mass is 79.9. The van der Waals surface area contributed by atoms with Crippen molar-refractivity contribution in [2.24, 2.45) is 0 Å². The number of amides is 3. The Bertz CT molecular complexity index is 960. The Balaban J connectivity index is 1.71. The third-order valence-corrected chi connectivity index (χ3v) is 5.53. The van der Waals surface area contributed by atoms with E-state index in [9.17, 15) is 14.4 Å². The van der Waals surface area contributed by atoms with Gasteiger partial charge < -0.3 is 10.2 Å². The van der Waals surface area contributed by atoms with Gasteiger partial charge in [0, 0.05) is 24.3 Å². The number of imide groups is 1. The zero-order valence-electron chi connectivity index (χ0n) is 15.3. The van der Waals surface area contributed by atoms with Crippen LogP contribution in [0.5, 0.6) is 0 Å². The van der Waals surface area contributed by atoms with Gasteiger partial charge in [-0.25, -0.2) is 0 Å². The summed E-state index contributed by atoms with van der Waals surface area (Å²) in [6.45, 7) is -0.319. The number of carbonyl (C=O) groups excluding carboxylic acids is 3. The van der Waals surface area contributed by atoms with Gasteiger partial charge in [-0.15, -0.1) is 0 Å². The number of benzene rings is 2. The number of rotatable bonds is 5. The van der Waals surface area contributed by atoms with E-state index in [2.05, 4.69) is 21.2 Å². The van der Waals surface area contributed by atoms with E-state index in [0.717, 1.165) is 32.4 Å². The molecular weight excluding hydrogens is 442 g/mol. The molecule has 2 aromatic carbocycles. The zero-order valence-corrected chi connectivity index (χ0v) is 17.7. The van der Waals surface area contributed by atoms with Crippen molar-refractivity contribution in [1.82, 2.24) is 4.90 Å². The molecule has 1 N–H and O–H groups in total. The summed E-state index contributed by atoms with van der Waals surface area (Å²) in [5, 5.41) is 2.22. The Labute approximate surface area is 175 Å². The number of nitrogens with one attached hydrogen (secondary N) is 1. The molecule has 8 heteroatoms. The summed E-state index contributed by atoms with van der Waals surface area (Å²) in [4.78, 5) is 40.2. The summed E-state index contributed by atoms with van der Waals surface area (Å²) in [5.41, 5.74) is 2.40. The van der Waals surface area contributed by atoms with Gasteiger partial charge in [0.15, 0.2) is 0 Å². The van der Waals surface area contributed by atoms with E-state index in [1.54, 1.807) is 30.3 Å². The fourth-order valence-electron chi connectivity index (χ4n) is 2.63. The molecule has 0 aliphatic carbocycles. The minimum atomic E-state index is -0.467. The van der Waals surface area contributed by atoms with Crippen molar-refractivity contribution < 1.29 is 14.4 Å². The first-order valence-electron chi connectivity index (χ1n) is 8.42. The Morgan fingerprint density at radius 1 is 1.18 bits per heavy atom. The number of carbonyl (C=O) groups is 3. The molecule has 0 aromatic heterocycles. The van der Waals surface area contributed by atoms with E-state index < -0.39 is 17.1 Å². The molecule has 0 spiro atoms. The standard InChI is InChI=1S/C20H18BrN3O3S/c1-23(2)16-9-8-13(10-15(16)21)11-17-19(26)24(20(27)28-17)12-18(25)22-14-6-4-3-5-7-14/h3-11H,12H2,1-2H3,(H,22,25)/b17-11-. The number of nitrogens with zero attached hydrogens (tertiary/aromatic N) is 2. The molecule has 0 atom stereocenters. The summed E-state index contributed by atoms with van der Waals surface area (Å²) >= 11 is 4.34. The van der Waals surface area contributed by atoms with Crippen LogP contribution in [-0.4, -0.2) is 42.6 Å². The molecule has 144 valence electrons. The lowest BCUT2D eigenvalue weighted by Crippen LogP contribution is -2.36. The molecule has 1 heterocycles. The lowest BCUT2D eigenvalue weighted by Gasteiger charge is -2.14. The van der Waals surface area contributed by atoms with Gasteiger partial charge in [0.25, 0.3) is 11.1 Å². The predicted molar refractivity (Wildman–Crippen MR) is 116 cm³/mol. The topological polar surface area (TPSA) is 69.7 Å². The van der Waals surface area contributed by atoms with Crippen LogP contribution in [0, 0.1) is 0 Å². The molecule has 2 aromatic rings. The first kappa shape index (κ1) is 20.2. The quantitative estimate of drug-likeness (QED) is 0.678. The van der Waals surface area contributed by atoms with Gasteiger partial charge in [-0.3, -0.25) is 19.3 Å². The van der Waals surface area contributed by atoms with E-state index >= 15 is 0 Å². The van der Waals surface area contributed by atoms with Gasteiger partial charge in [-0.05, 0) is 63.6 Å². The highest BCUT2D eigenvalue weighted by Crippen LogP contribution is 2.33. The maximum Gasteiger partial charge on any atom is 0.294 e. The fourth-order valence-corrected chi connectivity index (χ4v) is 4.22. The van der Waals surface area contributed by atoms with E-state index in [1.807, 2.05) is 43.3 Å². The van der Waals surface area contributed by atoms with Crippen LogP contribution in [0.1, 0.15) is 5.56 Å². The molecule has 1 aliphatic heterocycles. The van der Waals surface area contributed by atoms with E-state index in [1.165, 1.54) is 0 Å². The monoisotopic (exact) mass is 459 g/mol. The number of halogens is 1. The minimum absolute atomic E-state index is 0.294. The van der Waals surface area contributed by atoms with E-state index in [-0.39, 0.29) is 6.54 Å². The summed E-state index contributed by atoms with van der Waals surface area (Å²) in [6, 6.07) is 14.6. The number of anilines is 2. The summed E-state index contributed by atoms with van der Waals surface area (Å²) < 4.78 is 0.882. The fraction of sp³-hybridized carbons (Fsp3) is 0.150. The molecular formula is C20H18BrN3O3S. The van der Waals surface area contributed by atoms with Crippen LogP contribution in [0.3, 0.4) is 0 Å². The van der Waals surface area contributed by atoms with Crippen molar-refractivity contribution in [3.05, 3.63) is 63.5 Å². The third-order valence-electron chi connectivity index (χ3n) is 3.98. The summed E-state index contributed by atoms with van der Waals surface area (Å²) in [7, 11) is 3.87. The van der Waals surface area contributed by atoms with Crippen LogP contribution < -0.4 is 10.2 Å². The Hall–Kier alpha value is -2.58. The maximum atomic E-state index is 12.6. The first-order chi connectivity index (χ1) is 13.3. The molecule has 1 fully saturated rings. The SMILES string of the molecule is CN(C)c1ccc(/C=C2\SC(=O)N(CC(=O)Nc3ccccc3)C2=O)cc1Br. The van der Waals surface area contributed by atoms with Crippen LogP contribution >= 0.6 is 27.7 Å². The van der Waals surface area contributed by atoms with Crippen LogP contribution in [0.15, 0.2) is 57.9 Å². The number of thioether (sulfide) groups is 1. The van der Waals surface area contributed by atoms with Crippen LogP contribution in [-0.2, 0) is 9.59 Å². The lowest BCUT2D eigenvalue weighted by atomic mass is 10.2. The van der Waals surface area contributed by atoms with Gasteiger partial charge >= 0.3 is 0 Å². The first-order valence-corrected chi connectivity index (χ1v) is 10.0. The van der Waals surface area contributed by atoms with Gasteiger partial charge in [0.1, 0.15) is 6.54 Å². The van der Waals surface area contributed by atoms with Gasteiger partial charge in [-0.2, -0.15) is 0 Å². The molecule has 3 rings (SSSR count). The van der Waals surface area contributed by atoms with Crippen LogP contribution in [0.2, 0.25) is 0 Å². The molecule has 1 saturated heterocycles. The molecule has 0 radical (unpaired) electrons. The highest BCUT2D eigenvalue weighted by Gasteiger charge is 2.36. The molecule has 1 aliphatic rings. The molecule has 6 nitrogen and oxygen atoms in total. The zero-order chi connectivity index (χ0) is 20.3. The van der Waals surface area contributed by atoms with Crippen LogP contribution in [0.4, 0.5) is 16.2 Å². The second-order valence-electron chi connectivity index (χ2n) is 6.29. The van der Waals surface area contributed by atoms with Gasteiger partial charge in [0.05, 0.1) is 10.6 Å². The van der Waals surface area contributed by atoms with Gasteiger partial charge in [-0.1, -0.05) is 24.3 Å². The highest BCUT2D eigenvalue weighted by molar-refractivity contribution is 9.10. The second kappa shape index (κ2) is 8.62. The van der Waals surface area contributed by atoms with Crippen molar-refractivity contribution in [1.29, 1.82) is 0 Å². The average Bonchev–Trinajstić information content (AvgIpc) is 2.89. The van der Waals surface area contributed by atoms with Crippen molar-refractivity contribution >= 4 is 62.2 Å². The van der Waals surface area contributed by atoms with Gasteiger partial charge in [0.2, 0.25) is 5.91 Å². The van der Waals surface area contributed by atoms with E-state index in [0.29, 0.717) is 10.6 Å². The molecule has 3 amide bonds. The Kier molecular flexibility index (Phi) is 6.21. The second-order valence-corrected chi connectivity index (χ2v) is 8.13. The number of hydrogen-bond donors (Lipinski definition) is 1. The van der Waals surface area contributed by atoms with E-state index in [4.69, 9.17) is 0 Å². The lowest BCUT2D eigenvalue weighted by molar-refractivity contribution is -0.127. The van der Waals surface area contributed by atoms with Crippen molar-refractivity contribution in [2.75, 3.05) is 30.9 Å². The van der Waals surface area contributed by atoms with Crippen molar-refractivity contribution in [3.63, 3.8) is 0 Å². The smallest absolute Gasteiger partial charge is 0.294 e. The Morgan fingerprint density at radius 3 is 2.54 bits per heavy atom. The normalized spacial score (nSPS) is 15.2. The summed E-state index contributed by atoms with van der Waals surface area (Å²) in [6.07, 6.45) is 1.66. The third kappa shape index (κ3) is 4.63. The average molecular weight is 460 g/mol. The van der Waals surface area contributed by atoms with Crippen molar-refractivity contribution in [2.45, 2.75) is 0 Å². The molecule has 0 saturated carbocycles. The predicted octanol–water partition coefficient (Wildman–Crippen LogP) is 4.19.